The number of hydrogen-bond acceptors (Lipinski definition) is 3. The maximum atomic E-state index is 5.41. The van der Waals surface area contributed by atoms with Crippen molar-refractivity contribution in [3.63, 3.8) is 0 Å². The molecule has 0 aromatic rings. The molecular weight excluding hydrogens is 128 g/mol. The van der Waals surface area contributed by atoms with Gasteiger partial charge in [-0.2, -0.15) is 5.06 Å². The third kappa shape index (κ3) is 2.64. The lowest BCUT2D eigenvalue weighted by Crippen LogP contribution is -2.22. The van der Waals surface area contributed by atoms with Crippen LogP contribution in [0.1, 0.15) is 19.8 Å². The molecule has 0 atom stereocenters. The fourth-order valence-electron chi connectivity index (χ4n) is 0.935. The molecule has 3 heteroatoms. The minimum Gasteiger partial charge on any atom is -0.301 e. The van der Waals surface area contributed by atoms with Crippen molar-refractivity contribution < 1.29 is 4.84 Å². The fraction of sp³-hybridized carbons (Fsp3) is 1.00. The van der Waals surface area contributed by atoms with Crippen LogP contribution in [0.15, 0.2) is 0 Å². The van der Waals surface area contributed by atoms with Crippen molar-refractivity contribution in [2.24, 2.45) is 0 Å². The molecule has 10 heavy (non-hydrogen) atoms. The first-order chi connectivity index (χ1) is 4.93. The van der Waals surface area contributed by atoms with E-state index in [1.807, 2.05) is 5.06 Å². The minimum absolute atomic E-state index is 0.873. The zero-order chi connectivity index (χ0) is 7.23. The summed E-state index contributed by atoms with van der Waals surface area (Å²) in [6, 6.07) is 0. The average molecular weight is 144 g/mol. The van der Waals surface area contributed by atoms with Gasteiger partial charge in [-0.3, -0.25) is 4.84 Å². The van der Waals surface area contributed by atoms with Gasteiger partial charge < -0.3 is 5.32 Å². The summed E-state index contributed by atoms with van der Waals surface area (Å²) in [5.74, 6) is 0. The topological polar surface area (TPSA) is 24.5 Å². The van der Waals surface area contributed by atoms with Gasteiger partial charge in [-0.25, -0.2) is 0 Å². The van der Waals surface area contributed by atoms with Crippen molar-refractivity contribution in [2.75, 3.05) is 26.4 Å². The van der Waals surface area contributed by atoms with Crippen molar-refractivity contribution in [2.45, 2.75) is 19.8 Å². The minimum atomic E-state index is 0.873. The maximum Gasteiger partial charge on any atom is 0.0732 e. The Morgan fingerprint density at radius 3 is 3.10 bits per heavy atom. The molecule has 0 radical (unpaired) electrons. The SMILES string of the molecule is CCCCON1CCNC1. The van der Waals surface area contributed by atoms with Crippen LogP contribution < -0.4 is 5.32 Å². The molecule has 3 nitrogen and oxygen atoms in total. The first-order valence-corrected chi connectivity index (χ1v) is 4.02. The standard InChI is InChI=1S/C7H16N2O/c1-2-3-6-10-9-5-4-8-7-9/h8H,2-7H2,1H3. The molecule has 1 N–H and O–H groups in total. The van der Waals surface area contributed by atoms with E-state index < -0.39 is 0 Å². The van der Waals surface area contributed by atoms with Crippen LogP contribution in [0.4, 0.5) is 0 Å². The second-order valence-corrected chi connectivity index (χ2v) is 2.55. The van der Waals surface area contributed by atoms with E-state index in [2.05, 4.69) is 12.2 Å². The molecule has 0 aromatic heterocycles. The summed E-state index contributed by atoms with van der Waals surface area (Å²) in [6.45, 7) is 6.03. The van der Waals surface area contributed by atoms with Crippen LogP contribution in [0.3, 0.4) is 0 Å². The van der Waals surface area contributed by atoms with E-state index >= 15 is 0 Å². The van der Waals surface area contributed by atoms with E-state index in [1.54, 1.807) is 0 Å². The molecular formula is C7H16N2O. The molecule has 1 rings (SSSR count). The van der Waals surface area contributed by atoms with E-state index in [9.17, 15) is 0 Å². The molecule has 0 bridgehead atoms. The highest BCUT2D eigenvalue weighted by Gasteiger charge is 2.09. The van der Waals surface area contributed by atoms with Gasteiger partial charge >= 0.3 is 0 Å². The van der Waals surface area contributed by atoms with E-state index in [0.717, 1.165) is 32.8 Å². The number of hydroxylamine groups is 2. The average Bonchev–Trinajstić information content (AvgIpc) is 2.41. The Labute approximate surface area is 62.3 Å². The predicted molar refractivity (Wildman–Crippen MR) is 40.4 cm³/mol. The van der Waals surface area contributed by atoms with Gasteiger partial charge in [0.15, 0.2) is 0 Å². The quantitative estimate of drug-likeness (QED) is 0.584. The first-order valence-electron chi connectivity index (χ1n) is 4.02. The molecule has 1 saturated heterocycles. The summed E-state index contributed by atoms with van der Waals surface area (Å²) in [5.41, 5.74) is 0. The van der Waals surface area contributed by atoms with Crippen LogP contribution in [0.5, 0.6) is 0 Å². The third-order valence-corrected chi connectivity index (χ3v) is 1.60. The van der Waals surface area contributed by atoms with Crippen molar-refractivity contribution in [1.82, 2.24) is 10.4 Å². The highest BCUT2D eigenvalue weighted by molar-refractivity contribution is 4.56. The summed E-state index contributed by atoms with van der Waals surface area (Å²) in [7, 11) is 0. The molecule has 1 aliphatic rings. The van der Waals surface area contributed by atoms with Crippen molar-refractivity contribution in [3.05, 3.63) is 0 Å². The molecule has 1 aliphatic heterocycles. The molecule has 0 amide bonds. The molecule has 0 aliphatic carbocycles. The normalized spacial score (nSPS) is 20.1. The van der Waals surface area contributed by atoms with Crippen molar-refractivity contribution in [1.29, 1.82) is 0 Å². The van der Waals surface area contributed by atoms with Gasteiger partial charge in [0, 0.05) is 13.1 Å². The van der Waals surface area contributed by atoms with Gasteiger partial charge in [-0.05, 0) is 6.42 Å². The molecule has 0 saturated carbocycles. The molecule has 0 unspecified atom stereocenters. The maximum absolute atomic E-state index is 5.41. The monoisotopic (exact) mass is 144 g/mol. The Balaban J connectivity index is 1.91. The molecule has 60 valence electrons. The Hall–Kier alpha value is -0.120. The Morgan fingerprint density at radius 1 is 1.60 bits per heavy atom. The van der Waals surface area contributed by atoms with Crippen LogP contribution in [-0.4, -0.2) is 31.4 Å². The summed E-state index contributed by atoms with van der Waals surface area (Å²) in [4.78, 5) is 5.41. The molecule has 1 fully saturated rings. The van der Waals surface area contributed by atoms with Gasteiger partial charge in [0.2, 0.25) is 0 Å². The van der Waals surface area contributed by atoms with Crippen LogP contribution in [0.25, 0.3) is 0 Å². The number of nitrogens with zero attached hydrogens (tertiary/aromatic N) is 1. The Morgan fingerprint density at radius 2 is 2.50 bits per heavy atom. The molecule has 1 heterocycles. The summed E-state index contributed by atoms with van der Waals surface area (Å²) < 4.78 is 0. The van der Waals surface area contributed by atoms with Crippen LogP contribution >= 0.6 is 0 Å². The van der Waals surface area contributed by atoms with E-state index in [4.69, 9.17) is 4.84 Å². The Bertz CT molecular complexity index is 81.7. The number of hydrogen-bond donors (Lipinski definition) is 1. The number of unbranched alkanes of at least 4 members (excludes halogenated alkanes) is 1. The highest BCUT2D eigenvalue weighted by Crippen LogP contribution is 1.95. The largest absolute Gasteiger partial charge is 0.301 e. The lowest BCUT2D eigenvalue weighted by atomic mass is 10.4. The third-order valence-electron chi connectivity index (χ3n) is 1.60. The van der Waals surface area contributed by atoms with Crippen molar-refractivity contribution >= 4 is 0 Å². The van der Waals surface area contributed by atoms with Gasteiger partial charge in [0.05, 0.1) is 13.3 Å². The van der Waals surface area contributed by atoms with Gasteiger partial charge in [-0.15, -0.1) is 0 Å². The van der Waals surface area contributed by atoms with Crippen LogP contribution in [0, 0.1) is 0 Å². The predicted octanol–water partition coefficient (Wildman–Crippen LogP) is 0.581. The fourth-order valence-corrected chi connectivity index (χ4v) is 0.935. The number of nitrogens with one attached hydrogen (secondary N) is 1. The zero-order valence-corrected chi connectivity index (χ0v) is 6.60. The van der Waals surface area contributed by atoms with Gasteiger partial charge in [-0.1, -0.05) is 13.3 Å². The highest BCUT2D eigenvalue weighted by atomic mass is 16.7. The van der Waals surface area contributed by atoms with Crippen LogP contribution in [-0.2, 0) is 4.84 Å². The summed E-state index contributed by atoms with van der Waals surface area (Å²) in [5, 5.41) is 5.18. The smallest absolute Gasteiger partial charge is 0.0732 e. The number of rotatable bonds is 4. The second-order valence-electron chi connectivity index (χ2n) is 2.55. The lowest BCUT2D eigenvalue weighted by Gasteiger charge is -2.12. The summed E-state index contributed by atoms with van der Waals surface area (Å²) >= 11 is 0. The first kappa shape index (κ1) is 7.98. The second kappa shape index (κ2) is 4.66. The Kier molecular flexibility index (Phi) is 3.72. The van der Waals surface area contributed by atoms with E-state index in [1.165, 1.54) is 6.42 Å². The molecule has 0 spiro atoms. The van der Waals surface area contributed by atoms with E-state index in [-0.39, 0.29) is 0 Å². The van der Waals surface area contributed by atoms with Crippen molar-refractivity contribution in [3.8, 4) is 0 Å². The summed E-state index contributed by atoms with van der Waals surface area (Å²) in [6.07, 6.45) is 2.37. The molecule has 0 aromatic carbocycles. The van der Waals surface area contributed by atoms with Gasteiger partial charge in [0.1, 0.15) is 0 Å². The van der Waals surface area contributed by atoms with Gasteiger partial charge in [0.25, 0.3) is 0 Å². The van der Waals surface area contributed by atoms with E-state index in [0.29, 0.717) is 0 Å². The zero-order valence-electron chi connectivity index (χ0n) is 6.60. The van der Waals surface area contributed by atoms with Crippen LogP contribution in [0.2, 0.25) is 0 Å². The lowest BCUT2D eigenvalue weighted by molar-refractivity contribution is -0.144.